The van der Waals surface area contributed by atoms with E-state index in [0.29, 0.717) is 6.54 Å². The zero-order valence-corrected chi connectivity index (χ0v) is 15.2. The Labute approximate surface area is 151 Å². The highest BCUT2D eigenvalue weighted by Gasteiger charge is 2.26. The third kappa shape index (κ3) is 2.96. The van der Waals surface area contributed by atoms with E-state index in [-0.39, 0.29) is 17.4 Å². The van der Waals surface area contributed by atoms with Crippen molar-refractivity contribution in [2.75, 3.05) is 13.1 Å². The molecule has 6 nitrogen and oxygen atoms in total. The SMILES string of the molecule is CCn1c([C@H]2CCCN(Cc3[nH]c4ccc(F)cc4c3C)C2)n[nH]c1=O. The molecule has 0 amide bonds. The van der Waals surface area contributed by atoms with Crippen molar-refractivity contribution in [3.05, 3.63) is 51.6 Å². The summed E-state index contributed by atoms with van der Waals surface area (Å²) in [7, 11) is 0. The van der Waals surface area contributed by atoms with Gasteiger partial charge in [0, 0.05) is 42.1 Å². The van der Waals surface area contributed by atoms with Crippen LogP contribution < -0.4 is 5.69 Å². The highest BCUT2D eigenvalue weighted by molar-refractivity contribution is 5.84. The monoisotopic (exact) mass is 357 g/mol. The number of nitrogens with one attached hydrogen (secondary N) is 2. The standard InChI is InChI=1S/C19H24FN5O/c1-3-25-18(22-23-19(25)26)13-5-4-8-24(10-13)11-17-12(2)15-9-14(20)6-7-16(15)21-17/h6-7,9,13,21H,3-5,8,10-11H2,1-2H3,(H,23,26)/t13-/m0/s1. The molecule has 0 saturated carbocycles. The third-order valence-corrected chi connectivity index (χ3v) is 5.48. The van der Waals surface area contributed by atoms with Crippen molar-refractivity contribution in [3.63, 3.8) is 0 Å². The van der Waals surface area contributed by atoms with Gasteiger partial charge in [-0.2, -0.15) is 5.10 Å². The Hall–Kier alpha value is -2.41. The lowest BCUT2D eigenvalue weighted by Crippen LogP contribution is -2.35. The molecule has 0 bridgehead atoms. The minimum Gasteiger partial charge on any atom is -0.357 e. The molecule has 2 aromatic heterocycles. The van der Waals surface area contributed by atoms with Gasteiger partial charge in [-0.1, -0.05) is 0 Å². The molecule has 0 spiro atoms. The number of aromatic nitrogens is 4. The van der Waals surface area contributed by atoms with Gasteiger partial charge in [0.2, 0.25) is 0 Å². The number of likely N-dealkylation sites (tertiary alicyclic amines) is 1. The van der Waals surface area contributed by atoms with Crippen LogP contribution in [0, 0.1) is 12.7 Å². The van der Waals surface area contributed by atoms with Crippen molar-refractivity contribution in [3.8, 4) is 0 Å². The van der Waals surface area contributed by atoms with Gasteiger partial charge >= 0.3 is 5.69 Å². The number of rotatable bonds is 4. The predicted octanol–water partition coefficient (Wildman–Crippen LogP) is 2.90. The number of H-pyrrole nitrogens is 2. The van der Waals surface area contributed by atoms with E-state index in [1.54, 1.807) is 16.7 Å². The molecule has 1 aromatic carbocycles. The maximum atomic E-state index is 13.5. The fourth-order valence-electron chi connectivity index (χ4n) is 4.09. The van der Waals surface area contributed by atoms with Gasteiger partial charge in [0.1, 0.15) is 11.6 Å². The molecule has 7 heteroatoms. The fourth-order valence-corrected chi connectivity index (χ4v) is 4.09. The largest absolute Gasteiger partial charge is 0.357 e. The number of benzene rings is 1. The van der Waals surface area contributed by atoms with Gasteiger partial charge in [-0.15, -0.1) is 0 Å². The molecule has 2 N–H and O–H groups in total. The first-order valence-corrected chi connectivity index (χ1v) is 9.21. The number of aryl methyl sites for hydroxylation is 1. The summed E-state index contributed by atoms with van der Waals surface area (Å²) in [6.07, 6.45) is 2.11. The smallest absolute Gasteiger partial charge is 0.343 e. The van der Waals surface area contributed by atoms with Crippen LogP contribution in [0.25, 0.3) is 10.9 Å². The first-order chi connectivity index (χ1) is 12.6. The van der Waals surface area contributed by atoms with Gasteiger partial charge in [-0.25, -0.2) is 14.3 Å². The molecule has 1 aliphatic rings. The Morgan fingerprint density at radius 2 is 2.23 bits per heavy atom. The van der Waals surface area contributed by atoms with E-state index in [1.165, 1.54) is 6.07 Å². The van der Waals surface area contributed by atoms with E-state index in [9.17, 15) is 9.18 Å². The summed E-state index contributed by atoms with van der Waals surface area (Å²) in [5.74, 6) is 0.905. The van der Waals surface area contributed by atoms with E-state index in [2.05, 4.69) is 20.1 Å². The first-order valence-electron chi connectivity index (χ1n) is 9.21. The third-order valence-electron chi connectivity index (χ3n) is 5.48. The zero-order chi connectivity index (χ0) is 18.3. The van der Waals surface area contributed by atoms with Crippen LogP contribution in [-0.2, 0) is 13.1 Å². The molecule has 3 heterocycles. The molecule has 4 rings (SSSR count). The van der Waals surface area contributed by atoms with E-state index >= 15 is 0 Å². The van der Waals surface area contributed by atoms with Crippen LogP contribution in [0.2, 0.25) is 0 Å². The normalized spacial score (nSPS) is 18.7. The lowest BCUT2D eigenvalue weighted by molar-refractivity contribution is 0.192. The van der Waals surface area contributed by atoms with Crippen LogP contribution in [0.3, 0.4) is 0 Å². The van der Waals surface area contributed by atoms with Crippen molar-refractivity contribution in [2.45, 2.75) is 45.7 Å². The minimum absolute atomic E-state index is 0.131. The zero-order valence-electron chi connectivity index (χ0n) is 15.2. The van der Waals surface area contributed by atoms with Crippen LogP contribution in [0.4, 0.5) is 4.39 Å². The number of piperidine rings is 1. The van der Waals surface area contributed by atoms with Crippen molar-refractivity contribution >= 4 is 10.9 Å². The van der Waals surface area contributed by atoms with Crippen molar-refractivity contribution in [1.82, 2.24) is 24.6 Å². The Morgan fingerprint density at radius 3 is 3.04 bits per heavy atom. The van der Waals surface area contributed by atoms with Crippen molar-refractivity contribution in [2.24, 2.45) is 0 Å². The molecule has 1 atom stereocenters. The summed E-state index contributed by atoms with van der Waals surface area (Å²) in [5.41, 5.74) is 3.07. The number of hydrogen-bond donors (Lipinski definition) is 2. The molecule has 0 unspecified atom stereocenters. The van der Waals surface area contributed by atoms with Crippen LogP contribution in [0.1, 0.15) is 42.8 Å². The van der Waals surface area contributed by atoms with Crippen molar-refractivity contribution in [1.29, 1.82) is 0 Å². The summed E-state index contributed by atoms with van der Waals surface area (Å²) in [4.78, 5) is 17.7. The fraction of sp³-hybridized carbons (Fsp3) is 0.474. The number of halogens is 1. The molecule has 0 radical (unpaired) electrons. The average molecular weight is 357 g/mol. The van der Waals surface area contributed by atoms with Crippen LogP contribution in [0.15, 0.2) is 23.0 Å². The maximum Gasteiger partial charge on any atom is 0.343 e. The summed E-state index contributed by atoms with van der Waals surface area (Å²) in [5, 5.41) is 7.79. The molecule has 0 aliphatic carbocycles. The van der Waals surface area contributed by atoms with Gasteiger partial charge in [0.05, 0.1) is 0 Å². The van der Waals surface area contributed by atoms with E-state index in [4.69, 9.17) is 0 Å². The van der Waals surface area contributed by atoms with Gasteiger partial charge in [0.15, 0.2) is 0 Å². The average Bonchev–Trinajstić information content (AvgIpc) is 3.16. The Bertz CT molecular complexity index is 986. The van der Waals surface area contributed by atoms with Crippen molar-refractivity contribution < 1.29 is 4.39 Å². The number of fused-ring (bicyclic) bond motifs is 1. The van der Waals surface area contributed by atoms with Crippen LogP contribution >= 0.6 is 0 Å². The topological polar surface area (TPSA) is 69.7 Å². The predicted molar refractivity (Wildman–Crippen MR) is 98.8 cm³/mol. The molecule has 1 fully saturated rings. The Balaban J connectivity index is 1.55. The van der Waals surface area contributed by atoms with E-state index in [1.807, 2.05) is 13.8 Å². The first kappa shape index (κ1) is 17.0. The van der Waals surface area contributed by atoms with Gasteiger partial charge < -0.3 is 4.98 Å². The highest BCUT2D eigenvalue weighted by Crippen LogP contribution is 2.28. The molecular formula is C19H24FN5O. The lowest BCUT2D eigenvalue weighted by Gasteiger charge is -2.32. The summed E-state index contributed by atoms with van der Waals surface area (Å²) < 4.78 is 15.3. The molecular weight excluding hydrogens is 333 g/mol. The highest BCUT2D eigenvalue weighted by atomic mass is 19.1. The minimum atomic E-state index is -0.208. The summed E-state index contributed by atoms with van der Waals surface area (Å²) in [6.45, 7) is 7.31. The van der Waals surface area contributed by atoms with Gasteiger partial charge in [-0.05, 0) is 57.0 Å². The maximum absolute atomic E-state index is 13.5. The quantitative estimate of drug-likeness (QED) is 0.754. The van der Waals surface area contributed by atoms with Gasteiger partial charge in [-0.3, -0.25) is 9.47 Å². The van der Waals surface area contributed by atoms with Crippen LogP contribution in [-0.4, -0.2) is 37.7 Å². The molecule has 1 aliphatic heterocycles. The molecule has 26 heavy (non-hydrogen) atoms. The second-order valence-corrected chi connectivity index (χ2v) is 7.12. The van der Waals surface area contributed by atoms with E-state index < -0.39 is 0 Å². The Morgan fingerprint density at radius 1 is 1.38 bits per heavy atom. The summed E-state index contributed by atoms with van der Waals surface area (Å²) >= 11 is 0. The second-order valence-electron chi connectivity index (χ2n) is 7.12. The number of hydrogen-bond acceptors (Lipinski definition) is 3. The lowest BCUT2D eigenvalue weighted by atomic mass is 9.96. The van der Waals surface area contributed by atoms with E-state index in [0.717, 1.165) is 60.5 Å². The number of aromatic amines is 2. The number of nitrogens with zero attached hydrogens (tertiary/aromatic N) is 3. The summed E-state index contributed by atoms with van der Waals surface area (Å²) in [6, 6.07) is 4.87. The molecule has 138 valence electrons. The second kappa shape index (κ2) is 6.72. The van der Waals surface area contributed by atoms with Gasteiger partial charge in [0.25, 0.3) is 0 Å². The molecule has 1 saturated heterocycles. The molecule has 3 aromatic rings. The Kier molecular flexibility index (Phi) is 4.40. The van der Waals surface area contributed by atoms with Crippen LogP contribution in [0.5, 0.6) is 0 Å².